The number of carbonyl (C=O) groups excluding carboxylic acids is 2. The topological polar surface area (TPSA) is 77.9 Å². The monoisotopic (exact) mass is 414 g/mol. The van der Waals surface area contributed by atoms with Crippen molar-refractivity contribution in [2.45, 2.75) is 31.8 Å². The summed E-state index contributed by atoms with van der Waals surface area (Å²) in [5, 5.41) is 10.2. The number of imide groups is 1. The summed E-state index contributed by atoms with van der Waals surface area (Å²) < 4.78 is 0. The summed E-state index contributed by atoms with van der Waals surface area (Å²) in [6, 6.07) is 14.6. The third-order valence-electron chi connectivity index (χ3n) is 5.47. The first-order valence-electron chi connectivity index (χ1n) is 9.43. The molecule has 1 fully saturated rings. The predicted octanol–water partition coefficient (Wildman–Crippen LogP) is 4.00. The third-order valence-corrected chi connectivity index (χ3v) is 5.71. The fraction of sp³-hybridized carbons (Fsp3) is 0.318. The Morgan fingerprint density at radius 3 is 2.48 bits per heavy atom. The minimum Gasteiger partial charge on any atom is -0.480 e. The van der Waals surface area contributed by atoms with Crippen LogP contribution >= 0.6 is 11.6 Å². The van der Waals surface area contributed by atoms with Crippen molar-refractivity contribution in [1.82, 2.24) is 9.80 Å². The smallest absolute Gasteiger partial charge is 0.327 e. The predicted molar refractivity (Wildman–Crippen MR) is 110 cm³/mol. The van der Waals surface area contributed by atoms with Gasteiger partial charge in [0.2, 0.25) is 5.91 Å². The van der Waals surface area contributed by atoms with Gasteiger partial charge in [-0.15, -0.1) is 0 Å². The Bertz CT molecular complexity index is 918. The van der Waals surface area contributed by atoms with Gasteiger partial charge in [-0.05, 0) is 43.0 Å². The van der Waals surface area contributed by atoms with Crippen LogP contribution in [0.4, 0.5) is 4.79 Å². The molecule has 1 aliphatic rings. The van der Waals surface area contributed by atoms with Gasteiger partial charge in [-0.1, -0.05) is 54.1 Å². The van der Waals surface area contributed by atoms with E-state index in [1.165, 1.54) is 4.90 Å². The molecule has 1 aliphatic heterocycles. The average molecular weight is 415 g/mol. The van der Waals surface area contributed by atoms with E-state index in [1.54, 1.807) is 19.2 Å². The minimum absolute atomic E-state index is 0.295. The van der Waals surface area contributed by atoms with Gasteiger partial charge in [-0.2, -0.15) is 0 Å². The van der Waals surface area contributed by atoms with Crippen LogP contribution in [0, 0.1) is 5.92 Å². The molecule has 2 aromatic rings. The molecule has 6 nitrogen and oxygen atoms in total. The molecular weight excluding hydrogens is 392 g/mol. The highest BCUT2D eigenvalue weighted by Crippen LogP contribution is 2.33. The van der Waals surface area contributed by atoms with Crippen molar-refractivity contribution >= 4 is 29.5 Å². The number of nitrogens with zero attached hydrogens (tertiary/aromatic N) is 2. The van der Waals surface area contributed by atoms with Crippen LogP contribution in [0.15, 0.2) is 54.6 Å². The highest BCUT2D eigenvalue weighted by atomic mass is 35.5. The average Bonchev–Trinajstić information content (AvgIpc) is 2.71. The number of aliphatic carboxylic acids is 1. The molecule has 7 heteroatoms. The van der Waals surface area contributed by atoms with E-state index in [9.17, 15) is 19.5 Å². The highest BCUT2D eigenvalue weighted by Gasteiger charge is 2.55. The van der Waals surface area contributed by atoms with Crippen molar-refractivity contribution in [1.29, 1.82) is 0 Å². The second-order valence-electron chi connectivity index (χ2n) is 7.25. The number of rotatable bonds is 6. The van der Waals surface area contributed by atoms with Crippen molar-refractivity contribution in [3.63, 3.8) is 0 Å². The summed E-state index contributed by atoms with van der Waals surface area (Å²) in [6.07, 6.45) is 0.858. The maximum Gasteiger partial charge on any atom is 0.327 e. The summed E-state index contributed by atoms with van der Waals surface area (Å²) in [5.74, 6) is -2.35. The van der Waals surface area contributed by atoms with E-state index in [4.69, 9.17) is 11.6 Å². The number of urea groups is 1. The molecule has 1 heterocycles. The van der Waals surface area contributed by atoms with Gasteiger partial charge in [0.25, 0.3) is 0 Å². The molecule has 0 bridgehead atoms. The lowest BCUT2D eigenvalue weighted by atomic mass is 9.83. The van der Waals surface area contributed by atoms with E-state index in [0.29, 0.717) is 17.9 Å². The molecule has 1 saturated heterocycles. The van der Waals surface area contributed by atoms with Gasteiger partial charge in [-0.25, -0.2) is 14.5 Å². The van der Waals surface area contributed by atoms with Gasteiger partial charge in [-0.3, -0.25) is 4.79 Å². The normalized spacial score (nSPS) is 19.4. The molecule has 2 aromatic carbocycles. The van der Waals surface area contributed by atoms with Gasteiger partial charge in [0.1, 0.15) is 0 Å². The molecule has 152 valence electrons. The number of halogens is 1. The summed E-state index contributed by atoms with van der Waals surface area (Å²) in [7, 11) is 1.57. The maximum atomic E-state index is 12.9. The minimum atomic E-state index is -1.17. The van der Waals surface area contributed by atoms with E-state index in [1.807, 2.05) is 49.4 Å². The molecule has 0 aromatic heterocycles. The molecule has 0 saturated carbocycles. The number of β-lactam (4-membered cyclic amide) rings is 1. The molecule has 0 spiro atoms. The lowest BCUT2D eigenvalue weighted by Crippen LogP contribution is -2.68. The Balaban J connectivity index is 1.70. The zero-order valence-electron chi connectivity index (χ0n) is 16.3. The number of amides is 3. The standard InChI is InChI=1S/C22H23ClN2O4/c1-14(16-8-4-3-5-9-16)24(2)22(29)25-19(21(27)28)18(20(25)26)12-11-15-7-6-10-17(23)13-15/h3-10,13-14,18-19H,11-12H2,1-2H3,(H,27,28)/t14?,18-,19?/m1/s1. The molecule has 1 N–H and O–H groups in total. The van der Waals surface area contributed by atoms with Crippen LogP contribution in [-0.4, -0.2) is 45.9 Å². The van der Waals surface area contributed by atoms with Gasteiger partial charge in [0.05, 0.1) is 12.0 Å². The fourth-order valence-electron chi connectivity index (χ4n) is 3.63. The zero-order valence-corrected chi connectivity index (χ0v) is 17.0. The molecule has 0 aliphatic carbocycles. The van der Waals surface area contributed by atoms with Crippen molar-refractivity contribution in [3.8, 4) is 0 Å². The first kappa shape index (κ1) is 20.9. The Morgan fingerprint density at radius 1 is 1.17 bits per heavy atom. The van der Waals surface area contributed by atoms with Gasteiger partial charge >= 0.3 is 12.0 Å². The van der Waals surface area contributed by atoms with Crippen LogP contribution in [0.1, 0.15) is 30.5 Å². The van der Waals surface area contributed by atoms with E-state index >= 15 is 0 Å². The number of aryl methyl sites for hydroxylation is 1. The van der Waals surface area contributed by atoms with Crippen molar-refractivity contribution in [2.75, 3.05) is 7.05 Å². The number of carboxylic acids is 1. The third kappa shape index (κ3) is 4.27. The van der Waals surface area contributed by atoms with Crippen LogP contribution in [0.2, 0.25) is 5.02 Å². The Morgan fingerprint density at radius 2 is 1.86 bits per heavy atom. The summed E-state index contributed by atoms with van der Waals surface area (Å²) >= 11 is 5.98. The lowest BCUT2D eigenvalue weighted by molar-refractivity contribution is -0.166. The highest BCUT2D eigenvalue weighted by molar-refractivity contribution is 6.30. The van der Waals surface area contributed by atoms with Crippen molar-refractivity contribution < 1.29 is 19.5 Å². The van der Waals surface area contributed by atoms with E-state index < -0.39 is 29.9 Å². The summed E-state index contributed by atoms with van der Waals surface area (Å²) in [4.78, 5) is 39.6. The quantitative estimate of drug-likeness (QED) is 0.725. The van der Waals surface area contributed by atoms with Crippen LogP contribution < -0.4 is 0 Å². The summed E-state index contributed by atoms with van der Waals surface area (Å²) in [6.45, 7) is 1.84. The lowest BCUT2D eigenvalue weighted by Gasteiger charge is -2.45. The number of hydrogen-bond acceptors (Lipinski definition) is 3. The van der Waals surface area contributed by atoms with Crippen molar-refractivity contribution in [3.05, 3.63) is 70.7 Å². The van der Waals surface area contributed by atoms with Crippen LogP contribution in [0.3, 0.4) is 0 Å². The van der Waals surface area contributed by atoms with E-state index in [2.05, 4.69) is 0 Å². The second kappa shape index (κ2) is 8.66. The molecular formula is C22H23ClN2O4. The first-order valence-corrected chi connectivity index (χ1v) is 9.81. The van der Waals surface area contributed by atoms with E-state index in [-0.39, 0.29) is 6.04 Å². The van der Waals surface area contributed by atoms with Crippen LogP contribution in [-0.2, 0) is 16.0 Å². The van der Waals surface area contributed by atoms with E-state index in [0.717, 1.165) is 16.0 Å². The van der Waals surface area contributed by atoms with Gasteiger partial charge in [0, 0.05) is 12.1 Å². The number of likely N-dealkylation sites (tertiary alicyclic amines) is 1. The SMILES string of the molecule is CC(c1ccccc1)N(C)C(=O)N1C(=O)[C@H](CCc2cccc(Cl)c2)C1C(=O)O. The largest absolute Gasteiger partial charge is 0.480 e. The number of benzene rings is 2. The molecule has 2 unspecified atom stereocenters. The maximum absolute atomic E-state index is 12.9. The van der Waals surface area contributed by atoms with Gasteiger partial charge < -0.3 is 10.0 Å². The molecule has 3 amide bonds. The number of carbonyl (C=O) groups is 3. The zero-order chi connectivity index (χ0) is 21.1. The molecule has 3 atom stereocenters. The van der Waals surface area contributed by atoms with Crippen LogP contribution in [0.5, 0.6) is 0 Å². The van der Waals surface area contributed by atoms with Gasteiger partial charge in [0.15, 0.2) is 6.04 Å². The molecule has 0 radical (unpaired) electrons. The number of hydrogen-bond donors (Lipinski definition) is 1. The first-order chi connectivity index (χ1) is 13.8. The Hall–Kier alpha value is -2.86. The molecule has 3 rings (SSSR count). The Labute approximate surface area is 174 Å². The number of carboxylic acid groups (broad SMARTS) is 1. The second-order valence-corrected chi connectivity index (χ2v) is 7.68. The Kier molecular flexibility index (Phi) is 6.23. The molecule has 29 heavy (non-hydrogen) atoms. The van der Waals surface area contributed by atoms with Crippen LogP contribution in [0.25, 0.3) is 0 Å². The fourth-order valence-corrected chi connectivity index (χ4v) is 3.84. The summed E-state index contributed by atoms with van der Waals surface area (Å²) in [5.41, 5.74) is 1.83. The van der Waals surface area contributed by atoms with Crippen molar-refractivity contribution in [2.24, 2.45) is 5.92 Å².